The SMILES string of the molecule is O=C(Nc1ccccc1)N1CCN(CC2CCCN(CCc3ccccc3)C2)CC1. The van der Waals surface area contributed by atoms with Crippen LogP contribution < -0.4 is 5.32 Å². The predicted molar refractivity (Wildman–Crippen MR) is 123 cm³/mol. The van der Waals surface area contributed by atoms with Crippen LogP contribution in [0.2, 0.25) is 0 Å². The molecule has 0 aromatic heterocycles. The molecule has 160 valence electrons. The highest BCUT2D eigenvalue weighted by molar-refractivity contribution is 5.89. The lowest BCUT2D eigenvalue weighted by atomic mass is 9.96. The minimum Gasteiger partial charge on any atom is -0.322 e. The van der Waals surface area contributed by atoms with Crippen molar-refractivity contribution in [3.05, 3.63) is 66.2 Å². The molecule has 0 saturated carbocycles. The molecule has 0 bridgehead atoms. The summed E-state index contributed by atoms with van der Waals surface area (Å²) in [6.45, 7) is 8.33. The maximum absolute atomic E-state index is 12.5. The molecule has 2 amide bonds. The summed E-state index contributed by atoms with van der Waals surface area (Å²) in [7, 11) is 0. The molecule has 1 unspecified atom stereocenters. The number of nitrogens with zero attached hydrogens (tertiary/aromatic N) is 3. The summed E-state index contributed by atoms with van der Waals surface area (Å²) in [6, 6.07) is 20.5. The average molecular weight is 407 g/mol. The monoisotopic (exact) mass is 406 g/mol. The zero-order chi connectivity index (χ0) is 20.6. The van der Waals surface area contributed by atoms with Crippen LogP contribution in [-0.4, -0.2) is 73.1 Å². The number of nitrogens with one attached hydrogen (secondary N) is 1. The molecule has 2 aliphatic heterocycles. The highest BCUT2D eigenvalue weighted by Crippen LogP contribution is 2.19. The van der Waals surface area contributed by atoms with E-state index in [1.54, 1.807) is 0 Å². The van der Waals surface area contributed by atoms with Gasteiger partial charge in [-0.25, -0.2) is 4.79 Å². The number of urea groups is 1. The zero-order valence-corrected chi connectivity index (χ0v) is 17.9. The molecule has 0 radical (unpaired) electrons. The van der Waals surface area contributed by atoms with Crippen LogP contribution in [-0.2, 0) is 6.42 Å². The maximum Gasteiger partial charge on any atom is 0.321 e. The van der Waals surface area contributed by atoms with Gasteiger partial charge in [0.15, 0.2) is 0 Å². The summed E-state index contributed by atoms with van der Waals surface area (Å²) in [6.07, 6.45) is 3.78. The number of piperidine rings is 1. The Morgan fingerprint density at radius 2 is 1.57 bits per heavy atom. The molecule has 2 fully saturated rings. The van der Waals surface area contributed by atoms with Gasteiger partial charge in [-0.2, -0.15) is 0 Å². The predicted octanol–water partition coefficient (Wildman–Crippen LogP) is 3.79. The number of likely N-dealkylation sites (tertiary alicyclic amines) is 1. The minimum atomic E-state index is 0.0191. The Labute approximate surface area is 180 Å². The fourth-order valence-electron chi connectivity index (χ4n) is 4.66. The first-order valence-corrected chi connectivity index (χ1v) is 11.4. The van der Waals surface area contributed by atoms with E-state index in [1.807, 2.05) is 35.2 Å². The summed E-state index contributed by atoms with van der Waals surface area (Å²) in [5.41, 5.74) is 2.30. The van der Waals surface area contributed by atoms with Gasteiger partial charge in [0.1, 0.15) is 0 Å². The molecule has 0 spiro atoms. The number of hydrogen-bond acceptors (Lipinski definition) is 3. The molecule has 2 aromatic rings. The van der Waals surface area contributed by atoms with Crippen molar-refractivity contribution in [1.82, 2.24) is 14.7 Å². The van der Waals surface area contributed by atoms with Crippen LogP contribution in [0.25, 0.3) is 0 Å². The topological polar surface area (TPSA) is 38.8 Å². The van der Waals surface area contributed by atoms with Crippen LogP contribution in [0.1, 0.15) is 18.4 Å². The molecule has 2 aliphatic rings. The third kappa shape index (κ3) is 6.07. The summed E-state index contributed by atoms with van der Waals surface area (Å²) in [5, 5.41) is 3.00. The van der Waals surface area contributed by atoms with Gasteiger partial charge in [0.2, 0.25) is 0 Å². The second kappa shape index (κ2) is 10.6. The summed E-state index contributed by atoms with van der Waals surface area (Å²) < 4.78 is 0. The van der Waals surface area contributed by atoms with Crippen LogP contribution in [0, 0.1) is 5.92 Å². The van der Waals surface area contributed by atoms with Gasteiger partial charge in [-0.1, -0.05) is 48.5 Å². The van der Waals surface area contributed by atoms with Gasteiger partial charge in [-0.3, -0.25) is 4.90 Å². The second-order valence-electron chi connectivity index (χ2n) is 8.63. The first-order valence-electron chi connectivity index (χ1n) is 11.4. The molecule has 1 N–H and O–H groups in total. The van der Waals surface area contributed by atoms with E-state index in [1.165, 1.54) is 31.5 Å². The first kappa shape index (κ1) is 20.9. The molecule has 0 aliphatic carbocycles. The fourth-order valence-corrected chi connectivity index (χ4v) is 4.66. The Kier molecular flexibility index (Phi) is 7.38. The van der Waals surface area contributed by atoms with Crippen molar-refractivity contribution in [1.29, 1.82) is 0 Å². The van der Waals surface area contributed by atoms with Crippen LogP contribution in [0.15, 0.2) is 60.7 Å². The fraction of sp³-hybridized carbons (Fsp3) is 0.480. The smallest absolute Gasteiger partial charge is 0.321 e. The van der Waals surface area contributed by atoms with Crippen molar-refractivity contribution in [2.24, 2.45) is 5.92 Å². The molecule has 5 nitrogen and oxygen atoms in total. The van der Waals surface area contributed by atoms with Gasteiger partial charge in [0.25, 0.3) is 0 Å². The van der Waals surface area contributed by atoms with E-state index >= 15 is 0 Å². The summed E-state index contributed by atoms with van der Waals surface area (Å²) >= 11 is 0. The Balaban J connectivity index is 1.17. The van der Waals surface area contributed by atoms with Crippen molar-refractivity contribution in [3.8, 4) is 0 Å². The number of hydrogen-bond donors (Lipinski definition) is 1. The van der Waals surface area contributed by atoms with Crippen molar-refractivity contribution >= 4 is 11.7 Å². The molecule has 30 heavy (non-hydrogen) atoms. The number of benzene rings is 2. The van der Waals surface area contributed by atoms with E-state index in [9.17, 15) is 4.79 Å². The van der Waals surface area contributed by atoms with Gasteiger partial charge in [-0.05, 0) is 49.4 Å². The van der Waals surface area contributed by atoms with E-state index in [0.29, 0.717) is 0 Å². The van der Waals surface area contributed by atoms with Gasteiger partial charge < -0.3 is 15.1 Å². The Morgan fingerprint density at radius 3 is 2.30 bits per heavy atom. The minimum absolute atomic E-state index is 0.0191. The lowest BCUT2D eigenvalue weighted by Crippen LogP contribution is -2.52. The van der Waals surface area contributed by atoms with Crippen LogP contribution in [0.3, 0.4) is 0 Å². The molecule has 2 heterocycles. The molecule has 5 heteroatoms. The molecule has 2 saturated heterocycles. The van der Waals surface area contributed by atoms with Crippen molar-refractivity contribution in [2.75, 3.05) is 57.7 Å². The van der Waals surface area contributed by atoms with Gasteiger partial charge >= 0.3 is 6.03 Å². The summed E-state index contributed by atoms with van der Waals surface area (Å²) in [5.74, 6) is 0.749. The number of rotatable bonds is 6. The highest BCUT2D eigenvalue weighted by atomic mass is 16.2. The molecule has 4 rings (SSSR count). The quantitative estimate of drug-likeness (QED) is 0.793. The highest BCUT2D eigenvalue weighted by Gasteiger charge is 2.25. The third-order valence-corrected chi connectivity index (χ3v) is 6.36. The largest absolute Gasteiger partial charge is 0.322 e. The maximum atomic E-state index is 12.5. The molecular weight excluding hydrogens is 372 g/mol. The van der Waals surface area contributed by atoms with Crippen LogP contribution in [0.4, 0.5) is 10.5 Å². The number of piperazine rings is 1. The van der Waals surface area contributed by atoms with Gasteiger partial charge in [-0.15, -0.1) is 0 Å². The number of para-hydroxylation sites is 1. The van der Waals surface area contributed by atoms with Gasteiger partial charge in [0.05, 0.1) is 0 Å². The molecule has 1 atom stereocenters. The third-order valence-electron chi connectivity index (χ3n) is 6.36. The Bertz CT molecular complexity index is 774. The van der Waals surface area contributed by atoms with E-state index in [0.717, 1.165) is 57.3 Å². The van der Waals surface area contributed by atoms with E-state index < -0.39 is 0 Å². The number of carbonyl (C=O) groups is 1. The van der Waals surface area contributed by atoms with Crippen molar-refractivity contribution in [3.63, 3.8) is 0 Å². The lowest BCUT2D eigenvalue weighted by Gasteiger charge is -2.39. The average Bonchev–Trinajstić information content (AvgIpc) is 2.80. The van der Waals surface area contributed by atoms with E-state index in [2.05, 4.69) is 45.4 Å². The Hall–Kier alpha value is -2.37. The van der Waals surface area contributed by atoms with Crippen molar-refractivity contribution in [2.45, 2.75) is 19.3 Å². The van der Waals surface area contributed by atoms with Crippen LogP contribution in [0.5, 0.6) is 0 Å². The Morgan fingerprint density at radius 1 is 0.867 bits per heavy atom. The van der Waals surface area contributed by atoms with Gasteiger partial charge in [0, 0.05) is 51.5 Å². The number of anilines is 1. The van der Waals surface area contributed by atoms with Crippen molar-refractivity contribution < 1.29 is 4.79 Å². The number of amides is 2. The normalized spacial score (nSPS) is 20.8. The van der Waals surface area contributed by atoms with Crippen LogP contribution >= 0.6 is 0 Å². The lowest BCUT2D eigenvalue weighted by molar-refractivity contribution is 0.101. The number of carbonyl (C=O) groups excluding carboxylic acids is 1. The zero-order valence-electron chi connectivity index (χ0n) is 17.9. The van der Waals surface area contributed by atoms with E-state index in [4.69, 9.17) is 0 Å². The first-order chi connectivity index (χ1) is 14.8. The molecule has 2 aromatic carbocycles. The second-order valence-corrected chi connectivity index (χ2v) is 8.63. The van der Waals surface area contributed by atoms with E-state index in [-0.39, 0.29) is 6.03 Å². The molecular formula is C25H34N4O. The standard InChI is InChI=1S/C25H34N4O/c30-25(26-24-11-5-2-6-12-24)29-18-16-28(17-19-29)21-23-10-7-14-27(20-23)15-13-22-8-3-1-4-9-22/h1-6,8-9,11-12,23H,7,10,13-21H2,(H,26,30). The summed E-state index contributed by atoms with van der Waals surface area (Å²) in [4.78, 5) is 19.6.